The first-order valence-electron chi connectivity index (χ1n) is 6.46. The average Bonchev–Trinajstić information content (AvgIpc) is 2.47. The largest absolute Gasteiger partial charge is 0.353 e. The van der Waals surface area contributed by atoms with E-state index in [1.165, 1.54) is 10.8 Å². The molecule has 0 aliphatic heterocycles. The third-order valence-corrected chi connectivity index (χ3v) is 3.21. The molecule has 0 aliphatic rings. The van der Waals surface area contributed by atoms with Crippen LogP contribution in [0.25, 0.3) is 16.9 Å². The van der Waals surface area contributed by atoms with Gasteiger partial charge in [0.15, 0.2) is 5.65 Å². The highest BCUT2D eigenvalue weighted by molar-refractivity contribution is 5.71. The second kappa shape index (κ2) is 4.85. The molecule has 0 unspecified atom stereocenters. The first kappa shape index (κ1) is 12.5. The van der Waals surface area contributed by atoms with Gasteiger partial charge >= 0.3 is 5.69 Å². The van der Waals surface area contributed by atoms with Crippen molar-refractivity contribution in [2.75, 3.05) is 0 Å². The Hall–Kier alpha value is -2.56. The standard InChI is InChI=1S/C15H14N4O/c1-10(2)11-5-3-4-6-13(11)19-14-12(9-18-15(19)20)16-7-8-17-14/h3-10H,1-2H3. The fourth-order valence-electron chi connectivity index (χ4n) is 2.27. The van der Waals surface area contributed by atoms with Crippen molar-refractivity contribution in [2.24, 2.45) is 0 Å². The highest BCUT2D eigenvalue weighted by Crippen LogP contribution is 2.23. The maximum absolute atomic E-state index is 12.2. The fourth-order valence-corrected chi connectivity index (χ4v) is 2.27. The summed E-state index contributed by atoms with van der Waals surface area (Å²) in [6.45, 7) is 4.18. The van der Waals surface area contributed by atoms with Crippen LogP contribution in [-0.4, -0.2) is 19.5 Å². The fraction of sp³-hybridized carbons (Fsp3) is 0.200. The number of rotatable bonds is 2. The molecule has 3 rings (SSSR count). The molecule has 0 radical (unpaired) electrons. The van der Waals surface area contributed by atoms with Gasteiger partial charge in [0, 0.05) is 12.4 Å². The van der Waals surface area contributed by atoms with Crippen molar-refractivity contribution in [1.29, 1.82) is 0 Å². The van der Waals surface area contributed by atoms with Crippen molar-refractivity contribution in [1.82, 2.24) is 19.5 Å². The Morgan fingerprint density at radius 1 is 1.05 bits per heavy atom. The summed E-state index contributed by atoms with van der Waals surface area (Å²) in [5.74, 6) is 0.296. The molecular weight excluding hydrogens is 252 g/mol. The average molecular weight is 266 g/mol. The van der Waals surface area contributed by atoms with E-state index in [-0.39, 0.29) is 5.69 Å². The minimum Gasteiger partial charge on any atom is -0.250 e. The molecule has 0 saturated carbocycles. The van der Waals surface area contributed by atoms with E-state index >= 15 is 0 Å². The SMILES string of the molecule is CC(C)c1ccccc1-n1c(=O)ncc2nccnc21. The summed E-state index contributed by atoms with van der Waals surface area (Å²) in [5, 5.41) is 0. The van der Waals surface area contributed by atoms with Crippen LogP contribution < -0.4 is 5.69 Å². The number of hydrogen-bond acceptors (Lipinski definition) is 4. The van der Waals surface area contributed by atoms with E-state index in [2.05, 4.69) is 28.8 Å². The zero-order chi connectivity index (χ0) is 14.1. The molecule has 0 saturated heterocycles. The highest BCUT2D eigenvalue weighted by Gasteiger charge is 2.13. The highest BCUT2D eigenvalue weighted by atomic mass is 16.1. The molecule has 0 spiro atoms. The lowest BCUT2D eigenvalue weighted by atomic mass is 10.0. The summed E-state index contributed by atoms with van der Waals surface area (Å²) < 4.78 is 1.53. The van der Waals surface area contributed by atoms with Crippen LogP contribution in [0.5, 0.6) is 0 Å². The Bertz CT molecular complexity index is 823. The van der Waals surface area contributed by atoms with Crippen LogP contribution in [0.1, 0.15) is 25.3 Å². The minimum atomic E-state index is -0.342. The van der Waals surface area contributed by atoms with E-state index in [1.807, 2.05) is 24.3 Å². The first-order valence-corrected chi connectivity index (χ1v) is 6.46. The molecule has 5 nitrogen and oxygen atoms in total. The number of fused-ring (bicyclic) bond motifs is 1. The molecule has 2 heterocycles. The first-order chi connectivity index (χ1) is 9.68. The van der Waals surface area contributed by atoms with Gasteiger partial charge < -0.3 is 0 Å². The van der Waals surface area contributed by atoms with Crippen LogP contribution in [0.15, 0.2) is 47.7 Å². The topological polar surface area (TPSA) is 60.7 Å². The molecule has 0 N–H and O–H groups in total. The van der Waals surface area contributed by atoms with Gasteiger partial charge in [-0.05, 0) is 17.5 Å². The predicted molar refractivity (Wildman–Crippen MR) is 77.0 cm³/mol. The van der Waals surface area contributed by atoms with Crippen LogP contribution in [0.4, 0.5) is 0 Å². The third-order valence-electron chi connectivity index (χ3n) is 3.21. The molecule has 3 aromatic rings. The lowest BCUT2D eigenvalue weighted by Gasteiger charge is -2.14. The van der Waals surface area contributed by atoms with Gasteiger partial charge in [-0.1, -0.05) is 32.0 Å². The van der Waals surface area contributed by atoms with Crippen LogP contribution in [0.3, 0.4) is 0 Å². The van der Waals surface area contributed by atoms with Crippen LogP contribution in [0.2, 0.25) is 0 Å². The van der Waals surface area contributed by atoms with E-state index < -0.39 is 0 Å². The summed E-state index contributed by atoms with van der Waals surface area (Å²) in [6.07, 6.45) is 4.63. The van der Waals surface area contributed by atoms with Gasteiger partial charge in [-0.3, -0.25) is 0 Å². The summed E-state index contributed by atoms with van der Waals surface area (Å²) >= 11 is 0. The molecule has 0 bridgehead atoms. The van der Waals surface area contributed by atoms with Gasteiger partial charge in [-0.15, -0.1) is 0 Å². The molecule has 5 heteroatoms. The normalized spacial score (nSPS) is 11.2. The van der Waals surface area contributed by atoms with Gasteiger partial charge in [0.2, 0.25) is 0 Å². The summed E-state index contributed by atoms with van der Waals surface area (Å²) in [7, 11) is 0. The van der Waals surface area contributed by atoms with E-state index in [0.717, 1.165) is 11.3 Å². The number of benzene rings is 1. The Kier molecular flexibility index (Phi) is 3.02. The van der Waals surface area contributed by atoms with Crippen molar-refractivity contribution < 1.29 is 0 Å². The lowest BCUT2D eigenvalue weighted by molar-refractivity contribution is 0.832. The number of nitrogens with zero attached hydrogens (tertiary/aromatic N) is 4. The zero-order valence-electron chi connectivity index (χ0n) is 11.3. The maximum Gasteiger partial charge on any atom is 0.353 e. The molecule has 1 aromatic carbocycles. The Morgan fingerprint density at radius 2 is 1.80 bits per heavy atom. The van der Waals surface area contributed by atoms with Gasteiger partial charge in [-0.2, -0.15) is 4.98 Å². The van der Waals surface area contributed by atoms with Crippen LogP contribution >= 0.6 is 0 Å². The Balaban J connectivity index is 2.41. The van der Waals surface area contributed by atoms with E-state index in [4.69, 9.17) is 0 Å². The van der Waals surface area contributed by atoms with Gasteiger partial charge in [0.05, 0.1) is 11.9 Å². The van der Waals surface area contributed by atoms with Crippen molar-refractivity contribution in [3.63, 3.8) is 0 Å². The summed E-state index contributed by atoms with van der Waals surface area (Å²) in [5.41, 5.74) is 2.68. The second-order valence-electron chi connectivity index (χ2n) is 4.85. The number of para-hydroxylation sites is 1. The number of aromatic nitrogens is 4. The van der Waals surface area contributed by atoms with E-state index in [0.29, 0.717) is 17.1 Å². The molecule has 20 heavy (non-hydrogen) atoms. The van der Waals surface area contributed by atoms with Crippen molar-refractivity contribution >= 4 is 11.2 Å². The zero-order valence-corrected chi connectivity index (χ0v) is 11.3. The summed E-state index contributed by atoms with van der Waals surface area (Å²) in [4.78, 5) is 24.6. The lowest BCUT2D eigenvalue weighted by Crippen LogP contribution is -2.23. The van der Waals surface area contributed by atoms with Crippen molar-refractivity contribution in [2.45, 2.75) is 19.8 Å². The monoisotopic (exact) mass is 266 g/mol. The molecule has 0 amide bonds. The second-order valence-corrected chi connectivity index (χ2v) is 4.85. The maximum atomic E-state index is 12.2. The Labute approximate surface area is 116 Å². The summed E-state index contributed by atoms with van der Waals surface area (Å²) in [6, 6.07) is 7.80. The predicted octanol–water partition coefficient (Wildman–Crippen LogP) is 2.30. The van der Waals surface area contributed by atoms with E-state index in [9.17, 15) is 4.79 Å². The van der Waals surface area contributed by atoms with Crippen LogP contribution in [0, 0.1) is 0 Å². The van der Waals surface area contributed by atoms with Crippen LogP contribution in [-0.2, 0) is 0 Å². The van der Waals surface area contributed by atoms with Crippen molar-refractivity contribution in [3.8, 4) is 5.69 Å². The van der Waals surface area contributed by atoms with Gasteiger partial charge in [0.1, 0.15) is 5.52 Å². The van der Waals surface area contributed by atoms with Gasteiger partial charge in [0.25, 0.3) is 0 Å². The molecule has 0 fully saturated rings. The Morgan fingerprint density at radius 3 is 2.60 bits per heavy atom. The van der Waals surface area contributed by atoms with E-state index in [1.54, 1.807) is 12.4 Å². The third kappa shape index (κ3) is 1.97. The molecule has 100 valence electrons. The molecule has 0 atom stereocenters. The molecule has 2 aromatic heterocycles. The van der Waals surface area contributed by atoms with Gasteiger partial charge in [-0.25, -0.2) is 19.3 Å². The molecule has 0 aliphatic carbocycles. The quantitative estimate of drug-likeness (QED) is 0.714. The minimum absolute atomic E-state index is 0.296. The smallest absolute Gasteiger partial charge is 0.250 e. The number of hydrogen-bond donors (Lipinski definition) is 0. The molecular formula is C15H14N4O. The van der Waals surface area contributed by atoms with Crippen molar-refractivity contribution in [3.05, 3.63) is 58.9 Å².